The molecule has 0 spiro atoms. The van der Waals surface area contributed by atoms with Crippen LogP contribution in [0.15, 0.2) is 6.20 Å². The van der Waals surface area contributed by atoms with E-state index in [-0.39, 0.29) is 0 Å². The zero-order valence-corrected chi connectivity index (χ0v) is 5.70. The molecular weight excluding hydrogens is 128 g/mol. The highest BCUT2D eigenvalue weighted by molar-refractivity contribution is 5.34. The van der Waals surface area contributed by atoms with Crippen LogP contribution in [-0.2, 0) is 0 Å². The third-order valence-corrected chi connectivity index (χ3v) is 1.14. The summed E-state index contributed by atoms with van der Waals surface area (Å²) in [6.45, 7) is 0.559. The summed E-state index contributed by atoms with van der Waals surface area (Å²) in [6, 6.07) is 0. The lowest BCUT2D eigenvalue weighted by Gasteiger charge is -2.10. The molecule has 1 rings (SSSR count). The maximum atomic E-state index is 5.09. The molecule has 0 saturated heterocycles. The van der Waals surface area contributed by atoms with Crippen LogP contribution in [0.1, 0.15) is 0 Å². The van der Waals surface area contributed by atoms with Crippen molar-refractivity contribution in [3.63, 3.8) is 0 Å². The Bertz CT molecular complexity index is 220. The maximum Gasteiger partial charge on any atom is 0.145 e. The Kier molecular flexibility index (Phi) is 1.90. The van der Waals surface area contributed by atoms with Crippen molar-refractivity contribution in [2.24, 2.45) is 0 Å². The monoisotopic (exact) mass is 136 g/mol. The number of hydrogen-bond donors (Lipinski definition) is 1. The average Bonchev–Trinajstić information content (AvgIpc) is 2.38. The van der Waals surface area contributed by atoms with Gasteiger partial charge in [0.25, 0.3) is 0 Å². The summed E-state index contributed by atoms with van der Waals surface area (Å²) >= 11 is 0. The van der Waals surface area contributed by atoms with Gasteiger partial charge in [0, 0.05) is 7.05 Å². The molecule has 0 atom stereocenters. The van der Waals surface area contributed by atoms with Gasteiger partial charge in [-0.25, -0.2) is 5.10 Å². The van der Waals surface area contributed by atoms with Gasteiger partial charge in [0.2, 0.25) is 0 Å². The molecular formula is C6H8N4. The quantitative estimate of drug-likeness (QED) is 0.576. The van der Waals surface area contributed by atoms with Crippen LogP contribution in [0.3, 0.4) is 0 Å². The number of nitrogens with zero attached hydrogens (tertiary/aromatic N) is 3. The van der Waals surface area contributed by atoms with E-state index in [1.807, 2.05) is 11.9 Å². The summed E-state index contributed by atoms with van der Waals surface area (Å²) in [4.78, 5) is 1.85. The van der Waals surface area contributed by atoms with Gasteiger partial charge in [-0.15, -0.1) is 11.5 Å². The smallest absolute Gasteiger partial charge is 0.145 e. The number of hydrogen-bond acceptors (Lipinski definition) is 3. The predicted molar refractivity (Wildman–Crippen MR) is 38.5 cm³/mol. The highest BCUT2D eigenvalue weighted by Crippen LogP contribution is 2.01. The Morgan fingerprint density at radius 2 is 2.70 bits per heavy atom. The van der Waals surface area contributed by atoms with Crippen molar-refractivity contribution in [2.45, 2.75) is 0 Å². The molecule has 52 valence electrons. The van der Waals surface area contributed by atoms with E-state index in [4.69, 9.17) is 6.42 Å². The van der Waals surface area contributed by atoms with Crippen LogP contribution in [-0.4, -0.2) is 29.0 Å². The Labute approximate surface area is 59.2 Å². The van der Waals surface area contributed by atoms with E-state index in [2.05, 4.69) is 21.3 Å². The molecule has 0 aliphatic carbocycles. The van der Waals surface area contributed by atoms with Crippen molar-refractivity contribution in [1.82, 2.24) is 15.4 Å². The molecule has 1 aromatic rings. The normalized spacial score (nSPS) is 8.80. The highest BCUT2D eigenvalue weighted by atomic mass is 15.4. The molecule has 1 N–H and O–H groups in total. The molecule has 0 aliphatic heterocycles. The zero-order chi connectivity index (χ0) is 7.40. The second-order valence-corrected chi connectivity index (χ2v) is 1.90. The van der Waals surface area contributed by atoms with Gasteiger partial charge in [-0.3, -0.25) is 0 Å². The molecule has 0 aliphatic rings. The lowest BCUT2D eigenvalue weighted by molar-refractivity contribution is 0.917. The largest absolute Gasteiger partial charge is 0.348 e. The van der Waals surface area contributed by atoms with Crippen LogP contribution in [0.4, 0.5) is 5.82 Å². The number of rotatable bonds is 2. The summed E-state index contributed by atoms with van der Waals surface area (Å²) in [5.41, 5.74) is 0. The number of H-pyrrole nitrogens is 1. The fraction of sp³-hybridized carbons (Fsp3) is 0.333. The van der Waals surface area contributed by atoms with Gasteiger partial charge in [-0.1, -0.05) is 11.1 Å². The number of terminal acetylenes is 1. The Morgan fingerprint density at radius 3 is 3.20 bits per heavy atom. The van der Waals surface area contributed by atoms with Gasteiger partial charge in [0.15, 0.2) is 0 Å². The number of aromatic nitrogens is 3. The Morgan fingerprint density at radius 1 is 1.90 bits per heavy atom. The minimum Gasteiger partial charge on any atom is -0.348 e. The van der Waals surface area contributed by atoms with E-state index in [0.717, 1.165) is 5.82 Å². The Balaban J connectivity index is 2.61. The summed E-state index contributed by atoms with van der Waals surface area (Å²) in [5, 5.41) is 9.84. The van der Waals surface area contributed by atoms with E-state index in [1.165, 1.54) is 0 Å². The van der Waals surface area contributed by atoms with Crippen molar-refractivity contribution >= 4 is 5.82 Å². The molecule has 0 amide bonds. The molecule has 0 radical (unpaired) electrons. The van der Waals surface area contributed by atoms with Crippen molar-refractivity contribution in [1.29, 1.82) is 0 Å². The number of aromatic amines is 1. The van der Waals surface area contributed by atoms with Crippen molar-refractivity contribution in [3.8, 4) is 12.3 Å². The van der Waals surface area contributed by atoms with E-state index in [0.29, 0.717) is 6.54 Å². The third kappa shape index (κ3) is 1.26. The molecule has 0 bridgehead atoms. The van der Waals surface area contributed by atoms with E-state index in [9.17, 15) is 0 Å². The van der Waals surface area contributed by atoms with Crippen LogP contribution < -0.4 is 4.90 Å². The average molecular weight is 136 g/mol. The first kappa shape index (κ1) is 6.62. The standard InChI is InChI=1S/C6H8N4/c1-3-4-10(2)6-5-7-9-8-6/h1,5H,4H2,2H3,(H,7,8,9). The number of anilines is 1. The fourth-order valence-corrected chi connectivity index (χ4v) is 0.599. The van der Waals surface area contributed by atoms with E-state index in [1.54, 1.807) is 6.20 Å². The molecule has 1 aromatic heterocycles. The van der Waals surface area contributed by atoms with Crippen LogP contribution >= 0.6 is 0 Å². The molecule has 0 unspecified atom stereocenters. The van der Waals surface area contributed by atoms with E-state index >= 15 is 0 Å². The molecule has 4 heteroatoms. The van der Waals surface area contributed by atoms with Crippen molar-refractivity contribution < 1.29 is 0 Å². The van der Waals surface area contributed by atoms with Gasteiger partial charge in [-0.05, 0) is 0 Å². The predicted octanol–water partition coefficient (Wildman–Crippen LogP) is -0.126. The summed E-state index contributed by atoms with van der Waals surface area (Å²) < 4.78 is 0. The molecule has 0 fully saturated rings. The second-order valence-electron chi connectivity index (χ2n) is 1.90. The minimum atomic E-state index is 0.559. The lowest BCUT2D eigenvalue weighted by Crippen LogP contribution is -2.17. The lowest BCUT2D eigenvalue weighted by atomic mass is 10.5. The van der Waals surface area contributed by atoms with Crippen LogP contribution in [0.2, 0.25) is 0 Å². The highest BCUT2D eigenvalue weighted by Gasteiger charge is 1.97. The molecule has 0 aromatic carbocycles. The van der Waals surface area contributed by atoms with Gasteiger partial charge in [-0.2, -0.15) is 0 Å². The molecule has 10 heavy (non-hydrogen) atoms. The van der Waals surface area contributed by atoms with Gasteiger partial charge >= 0.3 is 0 Å². The van der Waals surface area contributed by atoms with Crippen molar-refractivity contribution in [3.05, 3.63) is 6.20 Å². The summed E-state index contributed by atoms with van der Waals surface area (Å²) in [6.07, 6.45) is 6.71. The SMILES string of the molecule is C#CCN(C)c1cnn[nH]1. The number of nitrogens with one attached hydrogen (secondary N) is 1. The maximum absolute atomic E-state index is 5.09. The minimum absolute atomic E-state index is 0.559. The molecule has 4 nitrogen and oxygen atoms in total. The Hall–Kier alpha value is -1.50. The van der Waals surface area contributed by atoms with Gasteiger partial charge in [0.1, 0.15) is 5.82 Å². The third-order valence-electron chi connectivity index (χ3n) is 1.14. The second kappa shape index (κ2) is 2.87. The van der Waals surface area contributed by atoms with Crippen LogP contribution in [0.5, 0.6) is 0 Å². The molecule has 0 saturated carbocycles. The topological polar surface area (TPSA) is 44.8 Å². The van der Waals surface area contributed by atoms with Crippen LogP contribution in [0.25, 0.3) is 0 Å². The zero-order valence-electron chi connectivity index (χ0n) is 5.70. The van der Waals surface area contributed by atoms with Crippen LogP contribution in [0, 0.1) is 12.3 Å². The fourth-order valence-electron chi connectivity index (χ4n) is 0.599. The molecule has 1 heterocycles. The van der Waals surface area contributed by atoms with Gasteiger partial charge in [0.05, 0.1) is 12.7 Å². The summed E-state index contributed by atoms with van der Waals surface area (Å²) in [5.74, 6) is 3.34. The van der Waals surface area contributed by atoms with E-state index < -0.39 is 0 Å². The van der Waals surface area contributed by atoms with Crippen molar-refractivity contribution in [2.75, 3.05) is 18.5 Å². The first-order chi connectivity index (χ1) is 4.84. The first-order valence-corrected chi connectivity index (χ1v) is 2.85. The van der Waals surface area contributed by atoms with Gasteiger partial charge < -0.3 is 4.90 Å². The first-order valence-electron chi connectivity index (χ1n) is 2.85. The summed E-state index contributed by atoms with van der Waals surface area (Å²) in [7, 11) is 1.87.